The Morgan fingerprint density at radius 1 is 0.905 bits per heavy atom. The number of nitrogens with zero attached hydrogens (tertiary/aromatic N) is 1. The molecule has 0 saturated carbocycles. The Morgan fingerprint density at radius 3 is 2.36 bits per heavy atom. The van der Waals surface area contributed by atoms with Crippen LogP contribution in [0.3, 0.4) is 0 Å². The Balaban J connectivity index is 1.37. The van der Waals surface area contributed by atoms with Crippen LogP contribution in [-0.2, 0) is 22.6 Å². The Morgan fingerprint density at radius 2 is 1.64 bits per heavy atom. The van der Waals surface area contributed by atoms with E-state index in [1.807, 2.05) is 61.7 Å². The molecule has 0 bridgehead atoms. The minimum atomic E-state index is -0.985. The molecule has 4 aromatic rings. The molecule has 0 unspecified atom stereocenters. The number of carboxylic acid groups (broad SMARTS) is 2. The number of carboxylic acids is 2. The fraction of sp³-hybridized carbons (Fsp3) is 0.273. The van der Waals surface area contributed by atoms with Crippen molar-refractivity contribution >= 4 is 35.0 Å². The van der Waals surface area contributed by atoms with Crippen molar-refractivity contribution < 1.29 is 38.1 Å². The van der Waals surface area contributed by atoms with Crippen molar-refractivity contribution in [3.8, 4) is 11.5 Å². The van der Waals surface area contributed by atoms with E-state index in [9.17, 15) is 23.5 Å². The molecule has 0 spiro atoms. The van der Waals surface area contributed by atoms with Gasteiger partial charge in [0.1, 0.15) is 12.3 Å². The van der Waals surface area contributed by atoms with Crippen molar-refractivity contribution in [2.45, 2.75) is 45.6 Å². The quantitative estimate of drug-likeness (QED) is 0.115. The molecular formula is C33H33F2NO6. The summed E-state index contributed by atoms with van der Waals surface area (Å²) in [6, 6.07) is 15.4. The fourth-order valence-corrected chi connectivity index (χ4v) is 4.75. The SMILES string of the molecule is Cc1cc(C=Cc2ccc(OCCCCOc3cccc(F)c3F)cc2)c2c(c1)c(CCCC(=O)O)cn2CC(=O)O. The normalized spacial score (nSPS) is 11.3. The molecule has 0 aliphatic heterocycles. The van der Waals surface area contributed by atoms with Crippen LogP contribution in [0.15, 0.2) is 60.8 Å². The zero-order valence-electron chi connectivity index (χ0n) is 23.3. The van der Waals surface area contributed by atoms with Crippen LogP contribution in [0.5, 0.6) is 11.5 Å². The molecule has 220 valence electrons. The van der Waals surface area contributed by atoms with E-state index in [0.717, 1.165) is 39.2 Å². The van der Waals surface area contributed by atoms with Gasteiger partial charge in [-0.1, -0.05) is 30.4 Å². The highest BCUT2D eigenvalue weighted by Crippen LogP contribution is 2.29. The number of fused-ring (bicyclic) bond motifs is 1. The lowest BCUT2D eigenvalue weighted by Gasteiger charge is -2.09. The van der Waals surface area contributed by atoms with Crippen molar-refractivity contribution in [2.24, 2.45) is 0 Å². The van der Waals surface area contributed by atoms with Gasteiger partial charge < -0.3 is 24.3 Å². The van der Waals surface area contributed by atoms with Gasteiger partial charge in [0, 0.05) is 18.0 Å². The summed E-state index contributed by atoms with van der Waals surface area (Å²) in [7, 11) is 0. The molecule has 2 N–H and O–H groups in total. The third kappa shape index (κ3) is 8.19. The number of aliphatic carboxylic acids is 2. The van der Waals surface area contributed by atoms with Gasteiger partial charge in [-0.3, -0.25) is 9.59 Å². The molecule has 0 amide bonds. The van der Waals surface area contributed by atoms with Crippen LogP contribution in [0, 0.1) is 18.6 Å². The Bertz CT molecular complexity index is 1580. The average molecular weight is 578 g/mol. The molecule has 4 rings (SSSR count). The van der Waals surface area contributed by atoms with Gasteiger partial charge >= 0.3 is 11.9 Å². The van der Waals surface area contributed by atoms with Gasteiger partial charge in [-0.15, -0.1) is 0 Å². The lowest BCUT2D eigenvalue weighted by molar-refractivity contribution is -0.138. The Kier molecular flexibility index (Phi) is 10.3. The molecule has 0 radical (unpaired) electrons. The van der Waals surface area contributed by atoms with Gasteiger partial charge in [-0.05, 0) is 91.3 Å². The number of hydrogen-bond acceptors (Lipinski definition) is 4. The zero-order chi connectivity index (χ0) is 30.1. The average Bonchev–Trinajstić information content (AvgIpc) is 3.28. The topological polar surface area (TPSA) is 98.0 Å². The Labute approximate surface area is 242 Å². The summed E-state index contributed by atoms with van der Waals surface area (Å²) in [6.45, 7) is 2.48. The molecule has 7 nitrogen and oxygen atoms in total. The number of rotatable bonds is 15. The number of unbranched alkanes of at least 4 members (excludes halogenated alkanes) is 1. The van der Waals surface area contributed by atoms with Crippen molar-refractivity contribution in [2.75, 3.05) is 13.2 Å². The zero-order valence-corrected chi connectivity index (χ0v) is 23.3. The van der Waals surface area contributed by atoms with Gasteiger partial charge in [0.25, 0.3) is 0 Å². The number of aromatic nitrogens is 1. The maximum Gasteiger partial charge on any atom is 0.323 e. The van der Waals surface area contributed by atoms with Crippen LogP contribution < -0.4 is 9.47 Å². The number of hydrogen-bond donors (Lipinski definition) is 2. The molecule has 0 fully saturated rings. The van der Waals surface area contributed by atoms with E-state index in [4.69, 9.17) is 14.6 Å². The first-order valence-corrected chi connectivity index (χ1v) is 13.7. The maximum atomic E-state index is 13.6. The number of aryl methyl sites for hydroxylation is 2. The first-order valence-electron chi connectivity index (χ1n) is 13.7. The van der Waals surface area contributed by atoms with Gasteiger partial charge in [-0.2, -0.15) is 4.39 Å². The fourth-order valence-electron chi connectivity index (χ4n) is 4.75. The highest BCUT2D eigenvalue weighted by molar-refractivity contribution is 5.94. The largest absolute Gasteiger partial charge is 0.494 e. The van der Waals surface area contributed by atoms with Crippen molar-refractivity contribution in [3.63, 3.8) is 0 Å². The minimum absolute atomic E-state index is 0.0517. The summed E-state index contributed by atoms with van der Waals surface area (Å²) in [5.41, 5.74) is 4.55. The molecule has 0 aliphatic rings. The van der Waals surface area contributed by atoms with Crippen molar-refractivity contribution in [3.05, 3.63) is 94.7 Å². The van der Waals surface area contributed by atoms with E-state index in [1.54, 1.807) is 4.57 Å². The summed E-state index contributed by atoms with van der Waals surface area (Å²) in [5.74, 6) is -3.13. The van der Waals surface area contributed by atoms with E-state index < -0.39 is 23.6 Å². The van der Waals surface area contributed by atoms with Crippen LogP contribution in [0.25, 0.3) is 23.1 Å². The number of halogens is 2. The van der Waals surface area contributed by atoms with Crippen LogP contribution >= 0.6 is 0 Å². The maximum absolute atomic E-state index is 13.6. The van der Waals surface area contributed by atoms with Crippen LogP contribution in [0.2, 0.25) is 0 Å². The van der Waals surface area contributed by atoms with Crippen LogP contribution in [0.4, 0.5) is 8.78 Å². The number of ether oxygens (including phenoxy) is 2. The minimum Gasteiger partial charge on any atom is -0.494 e. The van der Waals surface area contributed by atoms with E-state index in [0.29, 0.717) is 38.0 Å². The molecule has 1 aromatic heterocycles. The second kappa shape index (κ2) is 14.3. The van der Waals surface area contributed by atoms with Gasteiger partial charge in [0.15, 0.2) is 11.6 Å². The third-order valence-electron chi connectivity index (χ3n) is 6.69. The predicted molar refractivity (Wildman–Crippen MR) is 157 cm³/mol. The summed E-state index contributed by atoms with van der Waals surface area (Å²) in [6.07, 6.45) is 8.07. The second-order valence-corrected chi connectivity index (χ2v) is 10.0. The standard InChI is InChI=1S/C33H33F2NO6/c1-22-18-24(33-27(19-22)25(6-4-9-30(37)38)20-36(33)21-31(39)40)13-10-23-11-14-26(15-12-23)41-16-2-3-17-42-29-8-5-7-28(34)32(29)35/h5,7-8,10-15,18-20H,2-4,6,9,16-17,21H2,1H3,(H,37,38)(H,39,40). The van der Waals surface area contributed by atoms with E-state index >= 15 is 0 Å². The highest BCUT2D eigenvalue weighted by Gasteiger charge is 2.15. The smallest absolute Gasteiger partial charge is 0.323 e. The van der Waals surface area contributed by atoms with Gasteiger partial charge in [-0.25, -0.2) is 4.39 Å². The number of benzene rings is 3. The molecule has 0 atom stereocenters. The van der Waals surface area contributed by atoms with Crippen molar-refractivity contribution in [1.82, 2.24) is 4.57 Å². The second-order valence-electron chi connectivity index (χ2n) is 10.0. The molecule has 3 aromatic carbocycles. The molecule has 0 saturated heterocycles. The lowest BCUT2D eigenvalue weighted by atomic mass is 10.0. The predicted octanol–water partition coefficient (Wildman–Crippen LogP) is 7.13. The molecular weight excluding hydrogens is 544 g/mol. The van der Waals surface area contributed by atoms with E-state index in [-0.39, 0.29) is 25.3 Å². The Hall–Kier alpha value is -4.66. The molecule has 42 heavy (non-hydrogen) atoms. The first-order chi connectivity index (χ1) is 20.2. The van der Waals surface area contributed by atoms with Crippen LogP contribution in [-0.4, -0.2) is 39.9 Å². The molecule has 1 heterocycles. The third-order valence-corrected chi connectivity index (χ3v) is 6.69. The number of carbonyl (C=O) groups is 2. The van der Waals surface area contributed by atoms with Crippen molar-refractivity contribution in [1.29, 1.82) is 0 Å². The molecule has 0 aliphatic carbocycles. The lowest BCUT2D eigenvalue weighted by Crippen LogP contribution is -2.08. The van der Waals surface area contributed by atoms with Gasteiger partial charge in [0.2, 0.25) is 5.82 Å². The van der Waals surface area contributed by atoms with E-state index in [2.05, 4.69) is 0 Å². The summed E-state index contributed by atoms with van der Waals surface area (Å²) < 4.78 is 39.7. The summed E-state index contributed by atoms with van der Waals surface area (Å²) in [4.78, 5) is 22.5. The summed E-state index contributed by atoms with van der Waals surface area (Å²) in [5, 5.41) is 19.4. The summed E-state index contributed by atoms with van der Waals surface area (Å²) >= 11 is 0. The first kappa shape index (κ1) is 30.3. The van der Waals surface area contributed by atoms with E-state index in [1.165, 1.54) is 12.1 Å². The van der Waals surface area contributed by atoms with Crippen LogP contribution in [0.1, 0.15) is 47.9 Å². The molecule has 9 heteroatoms. The van der Waals surface area contributed by atoms with Gasteiger partial charge in [0.05, 0.1) is 18.7 Å². The monoisotopic (exact) mass is 577 g/mol. The highest BCUT2D eigenvalue weighted by atomic mass is 19.2.